The Hall–Kier alpha value is -1.30. The van der Waals surface area contributed by atoms with Gasteiger partial charge in [0.05, 0.1) is 23.5 Å². The zero-order valence-corrected chi connectivity index (χ0v) is 11.1. The standard InChI is InChI=1S/C11H14BrN3O2/c1-17-11(16)9-3-2-4-15(9)10-8(12)5-7(13)6-14-10/h5-6,9H,2-4,13H2,1H3. The van der Waals surface area contributed by atoms with E-state index in [4.69, 9.17) is 10.5 Å². The van der Waals surface area contributed by atoms with Gasteiger partial charge in [0.1, 0.15) is 11.9 Å². The Bertz CT molecular complexity index is 439. The Morgan fingerprint density at radius 2 is 2.47 bits per heavy atom. The average molecular weight is 300 g/mol. The van der Waals surface area contributed by atoms with E-state index in [1.165, 1.54) is 7.11 Å². The molecular weight excluding hydrogens is 286 g/mol. The van der Waals surface area contributed by atoms with Crippen LogP contribution in [0.2, 0.25) is 0 Å². The molecule has 1 fully saturated rings. The van der Waals surface area contributed by atoms with Crippen LogP contribution in [-0.4, -0.2) is 30.6 Å². The van der Waals surface area contributed by atoms with Crippen LogP contribution in [0, 0.1) is 0 Å². The zero-order valence-electron chi connectivity index (χ0n) is 9.52. The number of carbonyl (C=O) groups excluding carboxylic acids is 1. The van der Waals surface area contributed by atoms with E-state index in [0.29, 0.717) is 5.69 Å². The molecule has 1 unspecified atom stereocenters. The molecule has 0 radical (unpaired) electrons. The predicted molar refractivity (Wildman–Crippen MR) is 68.7 cm³/mol. The average Bonchev–Trinajstić information content (AvgIpc) is 2.77. The molecule has 0 amide bonds. The molecule has 2 heterocycles. The van der Waals surface area contributed by atoms with Crippen molar-refractivity contribution in [1.82, 2.24) is 4.98 Å². The van der Waals surface area contributed by atoms with Gasteiger partial charge in [-0.2, -0.15) is 0 Å². The van der Waals surface area contributed by atoms with Gasteiger partial charge in [-0.1, -0.05) is 0 Å². The number of rotatable bonds is 2. The summed E-state index contributed by atoms with van der Waals surface area (Å²) in [4.78, 5) is 17.9. The van der Waals surface area contributed by atoms with Gasteiger partial charge < -0.3 is 15.4 Å². The number of nitrogens with two attached hydrogens (primary N) is 1. The van der Waals surface area contributed by atoms with E-state index in [1.807, 2.05) is 4.90 Å². The third-order valence-corrected chi connectivity index (χ3v) is 3.42. The fourth-order valence-corrected chi connectivity index (χ4v) is 2.65. The van der Waals surface area contributed by atoms with Crippen LogP contribution in [0.5, 0.6) is 0 Å². The highest BCUT2D eigenvalue weighted by Gasteiger charge is 2.33. The number of carbonyl (C=O) groups is 1. The lowest BCUT2D eigenvalue weighted by molar-refractivity contribution is -0.141. The molecule has 92 valence electrons. The number of halogens is 1. The molecule has 17 heavy (non-hydrogen) atoms. The maximum absolute atomic E-state index is 11.6. The second kappa shape index (κ2) is 4.91. The molecule has 1 aliphatic rings. The van der Waals surface area contributed by atoms with Gasteiger partial charge in [0, 0.05) is 6.54 Å². The van der Waals surface area contributed by atoms with Crippen LogP contribution in [0.15, 0.2) is 16.7 Å². The molecule has 1 aliphatic heterocycles. The number of ether oxygens (including phenoxy) is 1. The first kappa shape index (κ1) is 12.2. The summed E-state index contributed by atoms with van der Waals surface area (Å²) in [7, 11) is 1.41. The Labute approximate surface area is 108 Å². The van der Waals surface area contributed by atoms with Crippen molar-refractivity contribution >= 4 is 33.4 Å². The predicted octanol–water partition coefficient (Wildman–Crippen LogP) is 1.57. The molecule has 2 rings (SSSR count). The van der Waals surface area contributed by atoms with E-state index in [0.717, 1.165) is 29.7 Å². The maximum Gasteiger partial charge on any atom is 0.328 e. The molecule has 1 aromatic heterocycles. The lowest BCUT2D eigenvalue weighted by atomic mass is 10.2. The molecule has 0 saturated carbocycles. The van der Waals surface area contributed by atoms with Gasteiger partial charge >= 0.3 is 5.97 Å². The van der Waals surface area contributed by atoms with Crippen LogP contribution >= 0.6 is 15.9 Å². The first-order valence-corrected chi connectivity index (χ1v) is 6.18. The Balaban J connectivity index is 2.29. The Morgan fingerprint density at radius 1 is 1.71 bits per heavy atom. The van der Waals surface area contributed by atoms with E-state index in [9.17, 15) is 4.79 Å². The lowest BCUT2D eigenvalue weighted by Crippen LogP contribution is -2.37. The highest BCUT2D eigenvalue weighted by molar-refractivity contribution is 9.10. The van der Waals surface area contributed by atoms with Crippen LogP contribution in [0.1, 0.15) is 12.8 Å². The molecule has 5 nitrogen and oxygen atoms in total. The van der Waals surface area contributed by atoms with Crippen molar-refractivity contribution in [3.63, 3.8) is 0 Å². The van der Waals surface area contributed by atoms with Gasteiger partial charge in [-0.3, -0.25) is 0 Å². The smallest absolute Gasteiger partial charge is 0.328 e. The molecule has 0 spiro atoms. The maximum atomic E-state index is 11.6. The first-order chi connectivity index (χ1) is 8.13. The summed E-state index contributed by atoms with van der Waals surface area (Å²) in [5, 5.41) is 0. The van der Waals surface area contributed by atoms with Crippen molar-refractivity contribution in [2.75, 3.05) is 24.3 Å². The van der Waals surface area contributed by atoms with E-state index in [-0.39, 0.29) is 12.0 Å². The number of aromatic nitrogens is 1. The fraction of sp³-hybridized carbons (Fsp3) is 0.455. The summed E-state index contributed by atoms with van der Waals surface area (Å²) in [5.41, 5.74) is 6.24. The van der Waals surface area contributed by atoms with Gasteiger partial charge in [-0.15, -0.1) is 0 Å². The number of methoxy groups -OCH3 is 1. The van der Waals surface area contributed by atoms with Crippen LogP contribution < -0.4 is 10.6 Å². The largest absolute Gasteiger partial charge is 0.467 e. The summed E-state index contributed by atoms with van der Waals surface area (Å²) < 4.78 is 5.60. The molecule has 0 aromatic carbocycles. The van der Waals surface area contributed by atoms with Crippen LogP contribution in [-0.2, 0) is 9.53 Å². The van der Waals surface area contributed by atoms with E-state index in [1.54, 1.807) is 12.3 Å². The van der Waals surface area contributed by atoms with E-state index in [2.05, 4.69) is 20.9 Å². The minimum atomic E-state index is -0.243. The van der Waals surface area contributed by atoms with Crippen molar-refractivity contribution in [1.29, 1.82) is 0 Å². The molecule has 2 N–H and O–H groups in total. The molecule has 1 saturated heterocycles. The first-order valence-electron chi connectivity index (χ1n) is 5.39. The van der Waals surface area contributed by atoms with Crippen molar-refractivity contribution in [2.24, 2.45) is 0 Å². The number of hydrogen-bond acceptors (Lipinski definition) is 5. The molecule has 1 aromatic rings. The quantitative estimate of drug-likeness (QED) is 0.840. The summed E-state index contributed by atoms with van der Waals surface area (Å²) in [5.74, 6) is 0.528. The second-order valence-electron chi connectivity index (χ2n) is 3.95. The minimum absolute atomic E-state index is 0.215. The van der Waals surface area contributed by atoms with Crippen LogP contribution in [0.4, 0.5) is 11.5 Å². The van der Waals surface area contributed by atoms with Gasteiger partial charge in [0.15, 0.2) is 0 Å². The zero-order chi connectivity index (χ0) is 12.4. The van der Waals surface area contributed by atoms with Gasteiger partial charge in [-0.25, -0.2) is 9.78 Å². The number of anilines is 2. The third-order valence-electron chi connectivity index (χ3n) is 2.84. The normalized spacial score (nSPS) is 19.4. The van der Waals surface area contributed by atoms with E-state index < -0.39 is 0 Å². The van der Waals surface area contributed by atoms with Crippen molar-refractivity contribution in [3.05, 3.63) is 16.7 Å². The van der Waals surface area contributed by atoms with Gasteiger partial charge in [0.25, 0.3) is 0 Å². The third kappa shape index (κ3) is 2.36. The van der Waals surface area contributed by atoms with Crippen molar-refractivity contribution < 1.29 is 9.53 Å². The number of esters is 1. The summed E-state index contributed by atoms with van der Waals surface area (Å²) in [6, 6.07) is 1.54. The van der Waals surface area contributed by atoms with Gasteiger partial charge in [0.2, 0.25) is 0 Å². The highest BCUT2D eigenvalue weighted by atomic mass is 79.9. The number of nitrogen functional groups attached to an aromatic ring is 1. The highest BCUT2D eigenvalue weighted by Crippen LogP contribution is 2.31. The van der Waals surface area contributed by atoms with Crippen molar-refractivity contribution in [3.8, 4) is 0 Å². The van der Waals surface area contributed by atoms with Gasteiger partial charge in [-0.05, 0) is 34.8 Å². The number of nitrogens with zero attached hydrogens (tertiary/aromatic N) is 2. The number of pyridine rings is 1. The molecule has 1 atom stereocenters. The summed E-state index contributed by atoms with van der Waals surface area (Å²) in [6.07, 6.45) is 3.34. The number of hydrogen-bond donors (Lipinski definition) is 1. The van der Waals surface area contributed by atoms with E-state index >= 15 is 0 Å². The molecule has 0 aliphatic carbocycles. The van der Waals surface area contributed by atoms with Crippen molar-refractivity contribution in [2.45, 2.75) is 18.9 Å². The fourth-order valence-electron chi connectivity index (χ4n) is 2.06. The van der Waals surface area contributed by atoms with Crippen LogP contribution in [0.25, 0.3) is 0 Å². The minimum Gasteiger partial charge on any atom is -0.467 e. The monoisotopic (exact) mass is 299 g/mol. The molecule has 0 bridgehead atoms. The lowest BCUT2D eigenvalue weighted by Gasteiger charge is -2.24. The summed E-state index contributed by atoms with van der Waals surface area (Å²) >= 11 is 3.42. The Kier molecular flexibility index (Phi) is 3.51. The van der Waals surface area contributed by atoms with Crippen LogP contribution in [0.3, 0.4) is 0 Å². The molecule has 6 heteroatoms. The Morgan fingerprint density at radius 3 is 3.12 bits per heavy atom. The second-order valence-corrected chi connectivity index (χ2v) is 4.80. The SMILES string of the molecule is COC(=O)C1CCCN1c1ncc(N)cc1Br. The summed E-state index contributed by atoms with van der Waals surface area (Å²) in [6.45, 7) is 0.801. The topological polar surface area (TPSA) is 68.5 Å². The molecular formula is C11H14BrN3O2.